The standard InChI is InChI=1S/C6H14O6.HNO3/c7-1-3(9)5(11)6(12)4(10)2-8;2-1(3)4/h3-12H,1-2H2;(H,2,3,4)/t3-,4-,5-,6-;/m1./s1. The van der Waals surface area contributed by atoms with E-state index >= 15 is 0 Å². The molecule has 0 aromatic heterocycles. The van der Waals surface area contributed by atoms with E-state index in [1.54, 1.807) is 0 Å². The largest absolute Gasteiger partial charge is 0.394 e. The van der Waals surface area contributed by atoms with Gasteiger partial charge in [0.25, 0.3) is 5.09 Å². The van der Waals surface area contributed by atoms with Crippen molar-refractivity contribution >= 4 is 0 Å². The van der Waals surface area contributed by atoms with Crippen LogP contribution in [0.4, 0.5) is 0 Å². The fourth-order valence-electron chi connectivity index (χ4n) is 0.671. The summed E-state index contributed by atoms with van der Waals surface area (Å²) in [7, 11) is 0. The Bertz CT molecular complexity index is 171. The first-order chi connectivity index (χ1) is 7.27. The van der Waals surface area contributed by atoms with E-state index in [1.165, 1.54) is 0 Å². The molecule has 10 heteroatoms. The zero-order valence-corrected chi connectivity index (χ0v) is 8.12. The Balaban J connectivity index is 0. The van der Waals surface area contributed by atoms with Crippen molar-refractivity contribution in [1.82, 2.24) is 0 Å². The van der Waals surface area contributed by atoms with Gasteiger partial charge in [0, 0.05) is 0 Å². The second-order valence-corrected chi connectivity index (χ2v) is 2.72. The van der Waals surface area contributed by atoms with Gasteiger partial charge in [-0.25, -0.2) is 0 Å². The monoisotopic (exact) mass is 245 g/mol. The van der Waals surface area contributed by atoms with Crippen LogP contribution in [0.2, 0.25) is 0 Å². The summed E-state index contributed by atoms with van der Waals surface area (Å²) < 4.78 is 0. The third-order valence-corrected chi connectivity index (χ3v) is 1.51. The van der Waals surface area contributed by atoms with Gasteiger partial charge in [-0.05, 0) is 0 Å². The molecule has 0 aromatic carbocycles. The number of rotatable bonds is 5. The van der Waals surface area contributed by atoms with Crippen molar-refractivity contribution in [2.24, 2.45) is 0 Å². The fraction of sp³-hybridized carbons (Fsp3) is 1.00. The molecule has 0 aliphatic carbocycles. The Morgan fingerprint density at radius 1 is 0.938 bits per heavy atom. The van der Waals surface area contributed by atoms with Crippen LogP contribution >= 0.6 is 0 Å². The molecule has 98 valence electrons. The van der Waals surface area contributed by atoms with Gasteiger partial charge in [0.2, 0.25) is 0 Å². The van der Waals surface area contributed by atoms with Crippen LogP contribution in [0.25, 0.3) is 0 Å². The van der Waals surface area contributed by atoms with Crippen LogP contribution in [0.5, 0.6) is 0 Å². The quantitative estimate of drug-likeness (QED) is 0.187. The van der Waals surface area contributed by atoms with Gasteiger partial charge in [-0.1, -0.05) is 0 Å². The molecular formula is C6H15NO9. The first kappa shape index (κ1) is 17.4. The Kier molecular flexibility index (Phi) is 9.99. The maximum Gasteiger partial charge on any atom is 0.291 e. The minimum atomic E-state index is -1.67. The Morgan fingerprint density at radius 3 is 1.25 bits per heavy atom. The highest BCUT2D eigenvalue weighted by atomic mass is 16.9. The van der Waals surface area contributed by atoms with Gasteiger partial charge in [0.05, 0.1) is 13.2 Å². The lowest BCUT2D eigenvalue weighted by Gasteiger charge is -2.24. The van der Waals surface area contributed by atoms with E-state index in [-0.39, 0.29) is 0 Å². The van der Waals surface area contributed by atoms with E-state index in [0.717, 1.165) is 0 Å². The highest BCUT2D eigenvalue weighted by molar-refractivity contribution is 4.79. The predicted octanol–water partition coefficient (Wildman–Crippen LogP) is -3.93. The summed E-state index contributed by atoms with van der Waals surface area (Å²) in [5.41, 5.74) is 0. The van der Waals surface area contributed by atoms with Gasteiger partial charge in [0.1, 0.15) is 24.4 Å². The second-order valence-electron chi connectivity index (χ2n) is 2.72. The van der Waals surface area contributed by atoms with Crippen molar-refractivity contribution < 1.29 is 40.9 Å². The van der Waals surface area contributed by atoms with Crippen LogP contribution in [-0.2, 0) is 0 Å². The molecule has 0 bridgehead atoms. The number of nitrogens with zero attached hydrogens (tertiary/aromatic N) is 1. The molecule has 0 saturated heterocycles. The molecule has 4 atom stereocenters. The normalized spacial score (nSPS) is 17.6. The number of hydrogen-bond donors (Lipinski definition) is 7. The van der Waals surface area contributed by atoms with Crippen molar-refractivity contribution in [2.75, 3.05) is 13.2 Å². The highest BCUT2D eigenvalue weighted by Gasteiger charge is 2.29. The smallest absolute Gasteiger partial charge is 0.291 e. The molecular weight excluding hydrogens is 230 g/mol. The molecule has 0 saturated carbocycles. The minimum absolute atomic E-state index is 0.726. The van der Waals surface area contributed by atoms with Gasteiger partial charge in [0.15, 0.2) is 0 Å². The lowest BCUT2D eigenvalue weighted by Crippen LogP contribution is -2.46. The highest BCUT2D eigenvalue weighted by Crippen LogP contribution is 2.03. The maximum atomic E-state index is 8.96. The molecule has 0 amide bonds. The van der Waals surface area contributed by atoms with Crippen molar-refractivity contribution in [3.05, 3.63) is 10.1 Å². The van der Waals surface area contributed by atoms with E-state index in [1.807, 2.05) is 0 Å². The van der Waals surface area contributed by atoms with Gasteiger partial charge >= 0.3 is 0 Å². The summed E-state index contributed by atoms with van der Waals surface area (Å²) in [6, 6.07) is 0. The molecule has 0 aromatic rings. The number of aliphatic hydroxyl groups excluding tert-OH is 6. The third kappa shape index (κ3) is 8.28. The van der Waals surface area contributed by atoms with Crippen LogP contribution in [0.3, 0.4) is 0 Å². The van der Waals surface area contributed by atoms with Crippen molar-refractivity contribution in [3.8, 4) is 0 Å². The topological polar surface area (TPSA) is 185 Å². The Morgan fingerprint density at radius 2 is 1.12 bits per heavy atom. The molecule has 0 unspecified atom stereocenters. The van der Waals surface area contributed by atoms with E-state index in [4.69, 9.17) is 46.0 Å². The molecule has 7 N–H and O–H groups in total. The van der Waals surface area contributed by atoms with Crippen LogP contribution in [0.15, 0.2) is 0 Å². The van der Waals surface area contributed by atoms with E-state index in [2.05, 4.69) is 0 Å². The van der Waals surface area contributed by atoms with Crippen molar-refractivity contribution in [3.63, 3.8) is 0 Å². The second kappa shape index (κ2) is 9.21. The van der Waals surface area contributed by atoms with Crippen LogP contribution in [-0.4, -0.2) is 78.6 Å². The molecule has 16 heavy (non-hydrogen) atoms. The summed E-state index contributed by atoms with van der Waals surface area (Å²) >= 11 is 0. The lowest BCUT2D eigenvalue weighted by molar-refractivity contribution is -0.742. The molecule has 0 rings (SSSR count). The molecule has 0 heterocycles. The van der Waals surface area contributed by atoms with Crippen molar-refractivity contribution in [2.45, 2.75) is 24.4 Å². The summed E-state index contributed by atoms with van der Waals surface area (Å²) in [4.78, 5) is 8.36. The minimum Gasteiger partial charge on any atom is -0.394 e. The third-order valence-electron chi connectivity index (χ3n) is 1.51. The van der Waals surface area contributed by atoms with Gasteiger partial charge in [-0.3, -0.25) is 0 Å². The molecule has 0 spiro atoms. The summed E-state index contributed by atoms with van der Waals surface area (Å²) in [6.45, 7) is -1.45. The lowest BCUT2D eigenvalue weighted by atomic mass is 10.0. The molecule has 10 nitrogen and oxygen atoms in total. The van der Waals surface area contributed by atoms with Crippen LogP contribution < -0.4 is 0 Å². The summed E-state index contributed by atoms with van der Waals surface area (Å²) in [5, 5.41) is 65.8. The van der Waals surface area contributed by atoms with Crippen LogP contribution in [0, 0.1) is 10.1 Å². The predicted molar refractivity (Wildman–Crippen MR) is 47.0 cm³/mol. The molecule has 0 aliphatic rings. The maximum absolute atomic E-state index is 8.96. The van der Waals surface area contributed by atoms with Gasteiger partial charge in [-0.2, -0.15) is 0 Å². The van der Waals surface area contributed by atoms with E-state index in [9.17, 15) is 0 Å². The first-order valence-corrected chi connectivity index (χ1v) is 4.05. The number of aliphatic hydroxyl groups is 6. The first-order valence-electron chi connectivity index (χ1n) is 4.05. The summed E-state index contributed by atoms with van der Waals surface area (Å²) in [5.74, 6) is 0. The van der Waals surface area contributed by atoms with E-state index in [0.29, 0.717) is 0 Å². The Labute approximate surface area is 89.7 Å². The molecule has 0 radical (unpaired) electrons. The molecule has 0 fully saturated rings. The average molecular weight is 245 g/mol. The zero-order chi connectivity index (χ0) is 13.3. The summed E-state index contributed by atoms with van der Waals surface area (Å²) in [6.07, 6.45) is -6.39. The zero-order valence-electron chi connectivity index (χ0n) is 8.12. The molecule has 0 aliphatic heterocycles. The van der Waals surface area contributed by atoms with Gasteiger partial charge in [-0.15, -0.1) is 10.1 Å². The SMILES string of the molecule is O=[N+]([O-])O.OC[C@@H](O)[C@@H](O)[C@H](O)[C@H](O)CO. The van der Waals surface area contributed by atoms with Crippen LogP contribution in [0.1, 0.15) is 0 Å². The fourth-order valence-corrected chi connectivity index (χ4v) is 0.671. The Hall–Kier alpha value is -1.04. The number of hydrogen-bond acceptors (Lipinski definition) is 8. The average Bonchev–Trinajstić information content (AvgIpc) is 2.24. The van der Waals surface area contributed by atoms with E-state index < -0.39 is 42.7 Å². The van der Waals surface area contributed by atoms with Crippen molar-refractivity contribution in [1.29, 1.82) is 0 Å². The van der Waals surface area contributed by atoms with Gasteiger partial charge < -0.3 is 35.8 Å².